The van der Waals surface area contributed by atoms with Gasteiger partial charge in [-0.15, -0.1) is 10.2 Å². The van der Waals surface area contributed by atoms with Gasteiger partial charge in [-0.2, -0.15) is 0 Å². The number of benzene rings is 1. The maximum absolute atomic E-state index is 13.8. The van der Waals surface area contributed by atoms with Crippen LogP contribution in [0.5, 0.6) is 0 Å². The molecule has 0 amide bonds. The molecule has 1 aromatic carbocycles. The molecule has 1 N–H and O–H groups in total. The minimum atomic E-state index is -0.295. The Hall–Kier alpha value is -1.05. The molecule has 1 saturated heterocycles. The molecule has 1 aromatic heterocycles. The first kappa shape index (κ1) is 13.9. The van der Waals surface area contributed by atoms with Gasteiger partial charge in [0.1, 0.15) is 5.82 Å². The summed E-state index contributed by atoms with van der Waals surface area (Å²) < 4.78 is 20.0. The molecule has 1 aliphatic rings. The van der Waals surface area contributed by atoms with Crippen molar-refractivity contribution in [2.45, 2.75) is 18.9 Å². The topological polar surface area (TPSA) is 47.0 Å². The van der Waals surface area contributed by atoms with Crippen LogP contribution in [0.15, 0.2) is 22.7 Å². The van der Waals surface area contributed by atoms with Gasteiger partial charge in [0.05, 0.1) is 12.6 Å². The number of anilines is 1. The second-order valence-corrected chi connectivity index (χ2v) is 6.49. The van der Waals surface area contributed by atoms with Crippen molar-refractivity contribution in [3.8, 4) is 10.6 Å². The number of hydrogen-bond donors (Lipinski definition) is 1. The van der Waals surface area contributed by atoms with Crippen LogP contribution in [0.25, 0.3) is 10.6 Å². The summed E-state index contributed by atoms with van der Waals surface area (Å²) in [5.74, 6) is -0.295. The number of halogens is 2. The summed E-state index contributed by atoms with van der Waals surface area (Å²) in [5, 5.41) is 12.7. The smallest absolute Gasteiger partial charge is 0.206 e. The number of nitrogens with one attached hydrogen (secondary N) is 1. The van der Waals surface area contributed by atoms with Gasteiger partial charge in [-0.25, -0.2) is 4.39 Å². The maximum Gasteiger partial charge on any atom is 0.206 e. The van der Waals surface area contributed by atoms with E-state index >= 15 is 0 Å². The van der Waals surface area contributed by atoms with Crippen molar-refractivity contribution < 1.29 is 9.13 Å². The monoisotopic (exact) mass is 357 g/mol. The molecule has 4 nitrogen and oxygen atoms in total. The molecule has 0 spiro atoms. The molecule has 20 heavy (non-hydrogen) atoms. The van der Waals surface area contributed by atoms with Gasteiger partial charge < -0.3 is 10.1 Å². The van der Waals surface area contributed by atoms with E-state index in [2.05, 4.69) is 31.4 Å². The highest BCUT2D eigenvalue weighted by Gasteiger charge is 2.17. The van der Waals surface area contributed by atoms with Gasteiger partial charge in [0.25, 0.3) is 0 Å². The predicted molar refractivity (Wildman–Crippen MR) is 80.5 cm³/mol. The van der Waals surface area contributed by atoms with E-state index in [0.29, 0.717) is 22.3 Å². The Morgan fingerprint density at radius 1 is 1.40 bits per heavy atom. The zero-order valence-electron chi connectivity index (χ0n) is 10.6. The van der Waals surface area contributed by atoms with Gasteiger partial charge in [0, 0.05) is 16.6 Å². The Labute approximate surface area is 128 Å². The van der Waals surface area contributed by atoms with Crippen LogP contribution in [-0.4, -0.2) is 29.5 Å². The van der Waals surface area contributed by atoms with E-state index in [1.54, 1.807) is 12.1 Å². The Kier molecular flexibility index (Phi) is 4.28. The highest BCUT2D eigenvalue weighted by Crippen LogP contribution is 2.31. The first-order chi connectivity index (χ1) is 9.72. The van der Waals surface area contributed by atoms with E-state index in [-0.39, 0.29) is 11.9 Å². The van der Waals surface area contributed by atoms with Crippen molar-refractivity contribution in [2.24, 2.45) is 0 Å². The fourth-order valence-corrected chi connectivity index (χ4v) is 3.28. The standard InChI is InChI=1S/C13H13BrFN3OS/c14-8-3-4-11(15)10(6-8)12-17-18-13(20-12)16-9-2-1-5-19-7-9/h3-4,6,9H,1-2,5,7H2,(H,16,18). The van der Waals surface area contributed by atoms with Crippen molar-refractivity contribution in [3.63, 3.8) is 0 Å². The summed E-state index contributed by atoms with van der Waals surface area (Å²) in [6.45, 7) is 1.50. The van der Waals surface area contributed by atoms with Crippen LogP contribution in [0.4, 0.5) is 9.52 Å². The minimum absolute atomic E-state index is 0.261. The van der Waals surface area contributed by atoms with Crippen molar-refractivity contribution in [1.29, 1.82) is 0 Å². The van der Waals surface area contributed by atoms with E-state index in [0.717, 1.165) is 23.9 Å². The molecule has 1 unspecified atom stereocenters. The van der Waals surface area contributed by atoms with E-state index in [9.17, 15) is 4.39 Å². The normalized spacial score (nSPS) is 19.0. The van der Waals surface area contributed by atoms with Crippen LogP contribution in [0.2, 0.25) is 0 Å². The molecular weight excluding hydrogens is 345 g/mol. The maximum atomic E-state index is 13.8. The van der Waals surface area contributed by atoms with Crippen LogP contribution in [-0.2, 0) is 4.74 Å². The van der Waals surface area contributed by atoms with E-state index in [1.807, 2.05) is 0 Å². The molecule has 0 aliphatic carbocycles. The van der Waals surface area contributed by atoms with Crippen molar-refractivity contribution in [2.75, 3.05) is 18.5 Å². The first-order valence-electron chi connectivity index (χ1n) is 6.35. The fourth-order valence-electron chi connectivity index (χ4n) is 2.08. The number of rotatable bonds is 3. The zero-order chi connectivity index (χ0) is 13.9. The van der Waals surface area contributed by atoms with E-state index in [1.165, 1.54) is 17.4 Å². The van der Waals surface area contributed by atoms with Crippen molar-refractivity contribution in [1.82, 2.24) is 10.2 Å². The van der Waals surface area contributed by atoms with Crippen LogP contribution >= 0.6 is 27.3 Å². The number of nitrogens with zero attached hydrogens (tertiary/aromatic N) is 2. The lowest BCUT2D eigenvalue weighted by molar-refractivity contribution is 0.0876. The average molecular weight is 358 g/mol. The minimum Gasteiger partial charge on any atom is -0.379 e. The predicted octanol–water partition coefficient (Wildman–Crippen LogP) is 3.70. The third-order valence-corrected chi connectivity index (χ3v) is 4.45. The quantitative estimate of drug-likeness (QED) is 0.909. The second kappa shape index (κ2) is 6.15. The summed E-state index contributed by atoms with van der Waals surface area (Å²) in [5.41, 5.74) is 0.463. The Morgan fingerprint density at radius 3 is 3.10 bits per heavy atom. The summed E-state index contributed by atoms with van der Waals surface area (Å²) in [4.78, 5) is 0. The van der Waals surface area contributed by atoms with Crippen molar-refractivity contribution >= 4 is 32.4 Å². The third-order valence-electron chi connectivity index (χ3n) is 3.07. The Bertz CT molecular complexity index is 601. The van der Waals surface area contributed by atoms with Crippen molar-refractivity contribution in [3.05, 3.63) is 28.5 Å². The van der Waals surface area contributed by atoms with Gasteiger partial charge in [0.15, 0.2) is 5.01 Å². The average Bonchev–Trinajstić information content (AvgIpc) is 2.91. The van der Waals surface area contributed by atoms with Crippen LogP contribution in [0.3, 0.4) is 0 Å². The van der Waals surface area contributed by atoms with E-state index in [4.69, 9.17) is 4.74 Å². The summed E-state index contributed by atoms with van der Waals surface area (Å²) in [6, 6.07) is 5.06. The first-order valence-corrected chi connectivity index (χ1v) is 7.96. The highest BCUT2D eigenvalue weighted by atomic mass is 79.9. The lowest BCUT2D eigenvalue weighted by atomic mass is 10.1. The number of aromatic nitrogens is 2. The highest BCUT2D eigenvalue weighted by molar-refractivity contribution is 9.10. The molecule has 0 radical (unpaired) electrons. The fraction of sp³-hybridized carbons (Fsp3) is 0.385. The van der Waals surface area contributed by atoms with Crippen LogP contribution in [0, 0.1) is 5.82 Å². The molecule has 1 aliphatic heterocycles. The van der Waals surface area contributed by atoms with Gasteiger partial charge >= 0.3 is 0 Å². The molecular formula is C13H13BrFN3OS. The molecule has 0 bridgehead atoms. The Morgan fingerprint density at radius 2 is 2.30 bits per heavy atom. The summed E-state index contributed by atoms with van der Waals surface area (Å²) in [6.07, 6.45) is 2.10. The van der Waals surface area contributed by atoms with Gasteiger partial charge in [-0.1, -0.05) is 27.3 Å². The number of hydrogen-bond acceptors (Lipinski definition) is 5. The summed E-state index contributed by atoms with van der Waals surface area (Å²) in [7, 11) is 0. The molecule has 2 aromatic rings. The van der Waals surface area contributed by atoms with Crippen LogP contribution in [0.1, 0.15) is 12.8 Å². The van der Waals surface area contributed by atoms with E-state index < -0.39 is 0 Å². The molecule has 7 heteroatoms. The van der Waals surface area contributed by atoms with Gasteiger partial charge in [-0.05, 0) is 31.0 Å². The van der Waals surface area contributed by atoms with Gasteiger partial charge in [-0.3, -0.25) is 0 Å². The molecule has 0 saturated carbocycles. The Balaban J connectivity index is 1.77. The molecule has 3 rings (SSSR count). The molecule has 106 valence electrons. The molecule has 2 heterocycles. The number of ether oxygens (including phenoxy) is 1. The largest absolute Gasteiger partial charge is 0.379 e. The lowest BCUT2D eigenvalue weighted by Gasteiger charge is -2.22. The lowest BCUT2D eigenvalue weighted by Crippen LogP contribution is -2.29. The molecule has 1 atom stereocenters. The SMILES string of the molecule is Fc1ccc(Br)cc1-c1nnc(NC2CCCOC2)s1. The molecule has 1 fully saturated rings. The zero-order valence-corrected chi connectivity index (χ0v) is 13.0. The van der Waals surface area contributed by atoms with Gasteiger partial charge in [0.2, 0.25) is 5.13 Å². The summed E-state index contributed by atoms with van der Waals surface area (Å²) >= 11 is 4.69. The van der Waals surface area contributed by atoms with Crippen LogP contribution < -0.4 is 5.32 Å². The third kappa shape index (κ3) is 3.16. The second-order valence-electron chi connectivity index (χ2n) is 4.59.